The quantitative estimate of drug-likeness (QED) is 0.739. The van der Waals surface area contributed by atoms with Gasteiger partial charge in [0.25, 0.3) is 5.78 Å². The summed E-state index contributed by atoms with van der Waals surface area (Å²) in [5.74, 6) is 0.588. The van der Waals surface area contributed by atoms with Crippen LogP contribution in [0.3, 0.4) is 0 Å². The van der Waals surface area contributed by atoms with E-state index >= 15 is 0 Å². The summed E-state index contributed by atoms with van der Waals surface area (Å²) in [6.07, 6.45) is 0. The van der Waals surface area contributed by atoms with Crippen molar-refractivity contribution in [3.63, 3.8) is 0 Å². The highest BCUT2D eigenvalue weighted by molar-refractivity contribution is 8.00. The first kappa shape index (κ1) is 10.9. The molecule has 0 aliphatic carbocycles. The van der Waals surface area contributed by atoms with Crippen molar-refractivity contribution >= 4 is 17.5 Å². The third-order valence-corrected chi connectivity index (χ3v) is 2.91. The molecule has 5 nitrogen and oxygen atoms in total. The van der Waals surface area contributed by atoms with Crippen LogP contribution in [0.4, 0.5) is 0 Å². The van der Waals surface area contributed by atoms with Crippen LogP contribution in [0.1, 0.15) is 18.3 Å². The standard InChI is InChI=1S/C10H11N5S/c1-6-4-7(2)15-9(12-6)13-10(14-15)16-8(3)5-11/h4,8H,1-3H3. The molecule has 16 heavy (non-hydrogen) atoms. The monoisotopic (exact) mass is 233 g/mol. The lowest BCUT2D eigenvalue weighted by Gasteiger charge is -1.97. The molecule has 2 heterocycles. The number of nitrogens with zero attached hydrogens (tertiary/aromatic N) is 5. The second-order valence-electron chi connectivity index (χ2n) is 3.53. The molecule has 2 aromatic rings. The lowest BCUT2D eigenvalue weighted by Crippen LogP contribution is -1.97. The SMILES string of the molecule is Cc1cc(C)n2nc(SC(C)C#N)nc2n1. The Labute approximate surface area is 97.5 Å². The van der Waals surface area contributed by atoms with Gasteiger partial charge in [0, 0.05) is 11.4 Å². The number of fused-ring (bicyclic) bond motifs is 1. The van der Waals surface area contributed by atoms with E-state index in [-0.39, 0.29) is 5.25 Å². The number of nitriles is 1. The van der Waals surface area contributed by atoms with Crippen molar-refractivity contribution in [2.24, 2.45) is 0 Å². The van der Waals surface area contributed by atoms with Gasteiger partial charge in [-0.1, -0.05) is 11.8 Å². The second kappa shape index (κ2) is 4.10. The Kier molecular flexibility index (Phi) is 2.79. The van der Waals surface area contributed by atoms with Gasteiger partial charge in [-0.2, -0.15) is 10.2 Å². The molecule has 2 rings (SSSR count). The third kappa shape index (κ3) is 1.99. The zero-order valence-corrected chi connectivity index (χ0v) is 10.1. The first-order chi connectivity index (χ1) is 7.60. The fourth-order valence-electron chi connectivity index (χ4n) is 1.38. The fourth-order valence-corrected chi connectivity index (χ4v) is 2.01. The predicted octanol–water partition coefficient (Wildman–Crippen LogP) is 1.75. The molecule has 0 aliphatic rings. The first-order valence-electron chi connectivity index (χ1n) is 4.87. The van der Waals surface area contributed by atoms with Crippen LogP contribution in [-0.2, 0) is 0 Å². The largest absolute Gasteiger partial charge is 0.253 e. The van der Waals surface area contributed by atoms with Gasteiger partial charge in [0.15, 0.2) is 0 Å². The molecule has 1 unspecified atom stereocenters. The van der Waals surface area contributed by atoms with Crippen molar-refractivity contribution in [2.75, 3.05) is 0 Å². The van der Waals surface area contributed by atoms with E-state index in [1.54, 1.807) is 4.52 Å². The third-order valence-electron chi connectivity index (χ3n) is 2.06. The summed E-state index contributed by atoms with van der Waals surface area (Å²) in [4.78, 5) is 8.56. The molecule has 0 aliphatic heterocycles. The lowest BCUT2D eigenvalue weighted by molar-refractivity contribution is 0.842. The van der Waals surface area contributed by atoms with Crippen LogP contribution in [0.2, 0.25) is 0 Å². The van der Waals surface area contributed by atoms with Gasteiger partial charge in [-0.3, -0.25) is 0 Å². The number of aryl methyl sites for hydroxylation is 2. The van der Waals surface area contributed by atoms with Crippen molar-refractivity contribution in [3.05, 3.63) is 17.5 Å². The van der Waals surface area contributed by atoms with Gasteiger partial charge in [-0.25, -0.2) is 9.50 Å². The summed E-state index contributed by atoms with van der Waals surface area (Å²) in [6, 6.07) is 4.09. The highest BCUT2D eigenvalue weighted by atomic mass is 32.2. The maximum Gasteiger partial charge on any atom is 0.253 e. The molecule has 82 valence electrons. The van der Waals surface area contributed by atoms with Crippen LogP contribution in [-0.4, -0.2) is 24.8 Å². The number of hydrogen-bond acceptors (Lipinski definition) is 5. The fraction of sp³-hybridized carbons (Fsp3) is 0.400. The van der Waals surface area contributed by atoms with Crippen LogP contribution >= 0.6 is 11.8 Å². The second-order valence-corrected chi connectivity index (χ2v) is 4.84. The normalized spacial score (nSPS) is 12.6. The number of aromatic nitrogens is 4. The summed E-state index contributed by atoms with van der Waals surface area (Å²) < 4.78 is 1.69. The molecule has 0 spiro atoms. The van der Waals surface area contributed by atoms with E-state index < -0.39 is 0 Å². The minimum absolute atomic E-state index is 0.154. The van der Waals surface area contributed by atoms with E-state index in [0.717, 1.165) is 11.4 Å². The summed E-state index contributed by atoms with van der Waals surface area (Å²) in [6.45, 7) is 5.70. The molecule has 0 amide bonds. The van der Waals surface area contributed by atoms with Crippen molar-refractivity contribution in [3.8, 4) is 6.07 Å². The van der Waals surface area contributed by atoms with E-state index in [1.807, 2.05) is 26.8 Å². The Morgan fingerprint density at radius 1 is 1.44 bits per heavy atom. The number of thioether (sulfide) groups is 1. The minimum Gasteiger partial charge on any atom is -0.216 e. The Morgan fingerprint density at radius 3 is 2.88 bits per heavy atom. The molecule has 0 saturated heterocycles. The van der Waals surface area contributed by atoms with E-state index in [4.69, 9.17) is 5.26 Å². The van der Waals surface area contributed by atoms with E-state index in [2.05, 4.69) is 21.1 Å². The van der Waals surface area contributed by atoms with Crippen LogP contribution in [0.25, 0.3) is 5.78 Å². The average Bonchev–Trinajstić information content (AvgIpc) is 2.60. The van der Waals surface area contributed by atoms with Crippen LogP contribution < -0.4 is 0 Å². The van der Waals surface area contributed by atoms with Crippen molar-refractivity contribution < 1.29 is 0 Å². The number of hydrogen-bond donors (Lipinski definition) is 0. The zero-order valence-electron chi connectivity index (χ0n) is 9.30. The highest BCUT2D eigenvalue weighted by Crippen LogP contribution is 2.19. The molecule has 1 atom stereocenters. The summed E-state index contributed by atoms with van der Waals surface area (Å²) >= 11 is 1.34. The smallest absolute Gasteiger partial charge is 0.216 e. The van der Waals surface area contributed by atoms with Crippen molar-refractivity contribution in [1.82, 2.24) is 19.6 Å². The van der Waals surface area contributed by atoms with E-state index in [9.17, 15) is 0 Å². The summed E-state index contributed by atoms with van der Waals surface area (Å²) in [7, 11) is 0. The predicted molar refractivity (Wildman–Crippen MR) is 61.2 cm³/mol. The summed E-state index contributed by atoms with van der Waals surface area (Å²) in [5.41, 5.74) is 1.91. The molecule has 6 heteroatoms. The van der Waals surface area contributed by atoms with Gasteiger partial charge in [-0.15, -0.1) is 5.10 Å². The zero-order chi connectivity index (χ0) is 11.7. The van der Waals surface area contributed by atoms with E-state index in [1.165, 1.54) is 11.8 Å². The van der Waals surface area contributed by atoms with Crippen LogP contribution in [0.15, 0.2) is 11.2 Å². The Hall–Kier alpha value is -1.61. The van der Waals surface area contributed by atoms with E-state index in [0.29, 0.717) is 10.9 Å². The van der Waals surface area contributed by atoms with Gasteiger partial charge in [0.05, 0.1) is 11.3 Å². The molecule has 0 bridgehead atoms. The lowest BCUT2D eigenvalue weighted by atomic mass is 10.4. The Bertz CT molecular complexity index is 568. The van der Waals surface area contributed by atoms with Gasteiger partial charge in [-0.05, 0) is 26.8 Å². The molecule has 2 aromatic heterocycles. The van der Waals surface area contributed by atoms with Gasteiger partial charge in [0.1, 0.15) is 0 Å². The number of rotatable bonds is 2. The molecular formula is C10H11N5S. The molecule has 0 aromatic carbocycles. The minimum atomic E-state index is -0.154. The molecule has 0 fully saturated rings. The molecule has 0 N–H and O–H groups in total. The molecular weight excluding hydrogens is 222 g/mol. The molecule has 0 saturated carbocycles. The maximum atomic E-state index is 8.72. The maximum absolute atomic E-state index is 8.72. The molecule has 0 radical (unpaired) electrons. The van der Waals surface area contributed by atoms with Crippen molar-refractivity contribution in [1.29, 1.82) is 5.26 Å². The van der Waals surface area contributed by atoms with Gasteiger partial charge in [0.2, 0.25) is 5.16 Å². The summed E-state index contributed by atoms with van der Waals surface area (Å²) in [5, 5.41) is 13.5. The van der Waals surface area contributed by atoms with Gasteiger partial charge >= 0.3 is 0 Å². The van der Waals surface area contributed by atoms with Crippen molar-refractivity contribution in [2.45, 2.75) is 31.2 Å². The Balaban J connectivity index is 2.45. The van der Waals surface area contributed by atoms with Gasteiger partial charge < -0.3 is 0 Å². The van der Waals surface area contributed by atoms with Crippen LogP contribution in [0.5, 0.6) is 0 Å². The highest BCUT2D eigenvalue weighted by Gasteiger charge is 2.11. The first-order valence-corrected chi connectivity index (χ1v) is 5.75. The average molecular weight is 233 g/mol. The Morgan fingerprint density at radius 2 is 2.19 bits per heavy atom. The van der Waals surface area contributed by atoms with Crippen LogP contribution in [0, 0.1) is 25.2 Å². The topological polar surface area (TPSA) is 66.9 Å².